The number of aliphatic imine (C=N–C) groups is 1. The third-order valence-corrected chi connectivity index (χ3v) is 16.1. The number of hydrogen-bond donors (Lipinski definition) is 3. The lowest BCUT2D eigenvalue weighted by molar-refractivity contribution is -0.434. The van der Waals surface area contributed by atoms with Crippen molar-refractivity contribution in [1.29, 1.82) is 0 Å². The van der Waals surface area contributed by atoms with Gasteiger partial charge in [0.2, 0.25) is 5.69 Å². The number of nitrogen functional groups attached to an aromatic ring is 2. The minimum Gasteiger partial charge on any atom is -1.00 e. The van der Waals surface area contributed by atoms with E-state index in [1.54, 1.807) is 6.92 Å². The van der Waals surface area contributed by atoms with E-state index in [1.165, 1.54) is 114 Å². The standard InChI is InChI=1S/C18H22N.C16H17N.C11H9Br.C11H12N2.C11H11N.C5H10O.C2H5I.ClH.HI/c1-6-19-13(3)18(4,5)17-15-9-7-12(2)11-14(15)8-10-16(17)19;1-10-5-7-13-12(9-10)6-8-14-15(13)16(3,4)11(2)17-14;1-8-2-3-10-7-11(12)5-4-9(10)6-8;1-8-2-3-10-7-11(13-12)5-4-9(10)6-8;1-8-2-3-10-7-11(12)5-4-9(10)6-8;1-4(2)5(3)6;1-2-3;;/h7-11H,6H2,1-5H3;5-9H,1-4H3;2-7H,1H3;2-7,13H,12H2,1H3;2-7H,12H2,1H3;4H,1-3H3;2H2,1H3;2*1H/q+1;;;;;;;;/p-1. The number of Topliss-reactive ketones (excluding diaryl/α,β-unsaturated/α-hetero) is 1. The molecule has 10 heteroatoms. The molecule has 0 aliphatic carbocycles. The van der Waals surface area contributed by atoms with Crippen molar-refractivity contribution in [2.75, 3.05) is 22.1 Å². The average molecular weight is 1430 g/mol. The van der Waals surface area contributed by atoms with Gasteiger partial charge in [0.25, 0.3) is 0 Å². The molecule has 0 fully saturated rings. The number of hydrazine groups is 1. The zero-order valence-corrected chi connectivity index (χ0v) is 58.9. The second-order valence-electron chi connectivity index (χ2n) is 23.0. The number of rotatable bonds is 3. The lowest BCUT2D eigenvalue weighted by Crippen LogP contribution is -3.00. The van der Waals surface area contributed by atoms with E-state index in [1.807, 2.05) is 38.1 Å². The van der Waals surface area contributed by atoms with Gasteiger partial charge in [-0.1, -0.05) is 216 Å². The van der Waals surface area contributed by atoms with Gasteiger partial charge in [-0.2, -0.15) is 4.58 Å². The molecular formula is C74H87BrClI2N5O. The predicted molar refractivity (Wildman–Crippen MR) is 381 cm³/mol. The molecule has 2 aliphatic heterocycles. The van der Waals surface area contributed by atoms with Crippen LogP contribution in [-0.4, -0.2) is 32.8 Å². The Bertz CT molecular complexity index is 3810. The van der Waals surface area contributed by atoms with E-state index < -0.39 is 0 Å². The maximum atomic E-state index is 10.1. The Morgan fingerprint density at radius 3 is 1.42 bits per heavy atom. The number of halogens is 4. The number of hydrogen-bond acceptors (Lipinski definition) is 5. The van der Waals surface area contributed by atoms with Crippen molar-refractivity contribution in [3.63, 3.8) is 0 Å². The van der Waals surface area contributed by atoms with Crippen LogP contribution >= 0.6 is 50.9 Å². The molecule has 0 unspecified atom stereocenters. The monoisotopic (exact) mass is 1430 g/mol. The fraction of sp³-hybridized carbons (Fsp3) is 0.284. The number of carbonyl (C=O) groups excluding carboxylic acids is 1. The molecule has 0 atom stereocenters. The van der Waals surface area contributed by atoms with Crippen molar-refractivity contribution in [2.45, 2.75) is 122 Å². The Hall–Kier alpha value is -5.70. The summed E-state index contributed by atoms with van der Waals surface area (Å²) in [6.45, 7) is 35.0. The highest BCUT2D eigenvalue weighted by molar-refractivity contribution is 14.1. The van der Waals surface area contributed by atoms with Gasteiger partial charge < -0.3 is 35.1 Å². The fourth-order valence-corrected chi connectivity index (χ4v) is 10.7. The largest absolute Gasteiger partial charge is 1.00 e. The summed E-state index contributed by atoms with van der Waals surface area (Å²) >= 11 is 5.74. The molecule has 0 spiro atoms. The van der Waals surface area contributed by atoms with Crippen LogP contribution in [0.15, 0.2) is 179 Å². The number of ketones is 1. The quantitative estimate of drug-likeness (QED) is 0.0410. The van der Waals surface area contributed by atoms with Gasteiger partial charge in [-0.15, -0.1) is 12.4 Å². The number of nitrogens with zero attached hydrogens (tertiary/aromatic N) is 2. The number of carbonyl (C=O) groups is 1. The summed E-state index contributed by atoms with van der Waals surface area (Å²) in [4.78, 5) is 14.8. The Morgan fingerprint density at radius 2 is 0.940 bits per heavy atom. The first-order valence-corrected chi connectivity index (χ1v) is 30.9. The highest BCUT2D eigenvalue weighted by atomic mass is 127. The van der Waals surface area contributed by atoms with Crippen LogP contribution in [0.4, 0.5) is 22.7 Å². The number of nitrogens with one attached hydrogen (secondary N) is 1. The maximum Gasteiger partial charge on any atom is 0.210 e. The molecule has 10 aromatic carbocycles. The van der Waals surface area contributed by atoms with Crippen LogP contribution in [0, 0.1) is 40.5 Å². The number of fused-ring (bicyclic) bond motifs is 9. The molecule has 0 amide bonds. The zero-order chi connectivity index (χ0) is 60.2. The SMILES string of the molecule is CC(=O)C(C)C.CC1=Nc2ccc3cc(C)ccc3c2C1(C)C.CCI.CC[N+]1=C(C)C(C)(C)c2c1ccc1cc(C)ccc21.Cc1ccc2cc(Br)ccc2c1.Cc1ccc2cc(N)ccc2c1.Cc1ccc2cc(NN)ccc2c1.Cl.[I-]. The van der Waals surface area contributed by atoms with Crippen molar-refractivity contribution in [1.82, 2.24) is 0 Å². The van der Waals surface area contributed by atoms with Crippen molar-refractivity contribution in [3.8, 4) is 0 Å². The van der Waals surface area contributed by atoms with E-state index in [-0.39, 0.29) is 58.9 Å². The molecule has 10 aromatic rings. The number of anilines is 2. The van der Waals surface area contributed by atoms with E-state index in [9.17, 15) is 4.79 Å². The average Bonchev–Trinajstić information content (AvgIpc) is 1.70. The first-order valence-electron chi connectivity index (χ1n) is 28.5. The lowest BCUT2D eigenvalue weighted by atomic mass is 9.79. The molecular weight excluding hydrogens is 1340 g/mol. The maximum absolute atomic E-state index is 10.1. The number of benzene rings is 10. The van der Waals surface area contributed by atoms with Gasteiger partial charge in [0.15, 0.2) is 5.71 Å². The minimum atomic E-state index is 0. The number of aryl methyl sites for hydroxylation is 5. The van der Waals surface area contributed by atoms with E-state index in [0.29, 0.717) is 0 Å². The van der Waals surface area contributed by atoms with Crippen molar-refractivity contribution in [2.24, 2.45) is 16.8 Å². The van der Waals surface area contributed by atoms with Gasteiger partial charge in [-0.05, 0) is 182 Å². The molecule has 0 bridgehead atoms. The normalized spacial score (nSPS) is 12.8. The number of alkyl halides is 1. The summed E-state index contributed by atoms with van der Waals surface area (Å²) in [7, 11) is 0. The number of nitrogens with two attached hydrogens (primary N) is 2. The molecule has 84 heavy (non-hydrogen) atoms. The highest BCUT2D eigenvalue weighted by Crippen LogP contribution is 2.45. The third-order valence-electron chi connectivity index (χ3n) is 15.6. The molecule has 2 aliphatic rings. The van der Waals surface area contributed by atoms with Crippen molar-refractivity contribution in [3.05, 3.63) is 213 Å². The topological polar surface area (TPSA) is 96.5 Å². The van der Waals surface area contributed by atoms with Gasteiger partial charge >= 0.3 is 0 Å². The second kappa shape index (κ2) is 31.6. The first-order chi connectivity index (χ1) is 38.8. The summed E-state index contributed by atoms with van der Waals surface area (Å²) in [6.07, 6.45) is 0. The molecule has 0 aromatic heterocycles. The second-order valence-corrected chi connectivity index (χ2v) is 25.4. The lowest BCUT2D eigenvalue weighted by Gasteiger charge is -2.21. The summed E-state index contributed by atoms with van der Waals surface area (Å²) in [5, 5.41) is 12.9. The molecule has 12 rings (SSSR count). The van der Waals surface area contributed by atoms with Gasteiger partial charge in [-0.25, -0.2) is 0 Å². The van der Waals surface area contributed by atoms with E-state index in [2.05, 4.69) is 284 Å². The Balaban J connectivity index is 0.000000218. The summed E-state index contributed by atoms with van der Waals surface area (Å²) < 4.78 is 4.81. The molecule has 0 radical (unpaired) electrons. The summed E-state index contributed by atoms with van der Waals surface area (Å²) in [6, 6.07) is 60.0. The van der Waals surface area contributed by atoms with Gasteiger partial charge in [0.1, 0.15) is 12.3 Å². The van der Waals surface area contributed by atoms with Gasteiger partial charge in [0, 0.05) is 51.4 Å². The van der Waals surface area contributed by atoms with Gasteiger partial charge in [-0.3, -0.25) is 15.6 Å². The van der Waals surface area contributed by atoms with E-state index >= 15 is 0 Å². The van der Waals surface area contributed by atoms with Crippen LogP contribution in [0.1, 0.15) is 115 Å². The molecule has 5 N–H and O–H groups in total. The van der Waals surface area contributed by atoms with Crippen molar-refractivity contribution < 1.29 is 33.3 Å². The Morgan fingerprint density at radius 1 is 0.560 bits per heavy atom. The zero-order valence-electron chi connectivity index (χ0n) is 52.2. The van der Waals surface area contributed by atoms with Crippen LogP contribution in [-0.2, 0) is 15.6 Å². The predicted octanol–water partition coefficient (Wildman–Crippen LogP) is 18.3. The van der Waals surface area contributed by atoms with Crippen molar-refractivity contribution >= 4 is 145 Å². The van der Waals surface area contributed by atoms with Gasteiger partial charge in [0.05, 0.1) is 11.1 Å². The molecule has 2 heterocycles. The first kappa shape index (κ1) is 70.8. The van der Waals surface area contributed by atoms with Crippen LogP contribution in [0.2, 0.25) is 0 Å². The van der Waals surface area contributed by atoms with Crippen LogP contribution in [0.25, 0.3) is 53.9 Å². The summed E-state index contributed by atoms with van der Waals surface area (Å²) in [5.41, 5.74) is 24.8. The molecule has 0 saturated carbocycles. The van der Waals surface area contributed by atoms with Crippen LogP contribution in [0.3, 0.4) is 0 Å². The molecule has 6 nitrogen and oxygen atoms in total. The third kappa shape index (κ3) is 17.7. The molecule has 0 saturated heterocycles. The Kier molecular flexibility index (Phi) is 26.6. The smallest absolute Gasteiger partial charge is 0.210 e. The highest BCUT2D eigenvalue weighted by Gasteiger charge is 2.43. The van der Waals surface area contributed by atoms with E-state index in [0.717, 1.165) is 28.1 Å². The van der Waals surface area contributed by atoms with Crippen LogP contribution < -0.4 is 41.0 Å². The van der Waals surface area contributed by atoms with Crippen LogP contribution in [0.5, 0.6) is 0 Å². The molecule has 442 valence electrons. The minimum absolute atomic E-state index is 0. The Labute approximate surface area is 547 Å². The summed E-state index contributed by atoms with van der Waals surface area (Å²) in [5.74, 6) is 5.79. The fourth-order valence-electron chi connectivity index (χ4n) is 10.3. The van der Waals surface area contributed by atoms with E-state index in [4.69, 9.17) is 16.6 Å².